The Balaban J connectivity index is 1.50. The van der Waals surface area contributed by atoms with E-state index >= 15 is 0 Å². The average molecular weight is 375 g/mol. The molecule has 6 nitrogen and oxygen atoms in total. The van der Waals surface area contributed by atoms with E-state index in [9.17, 15) is 0 Å². The number of aliphatic imine (C=N–C) groups is 1. The number of nitrogens with zero attached hydrogens (tertiary/aromatic N) is 3. The van der Waals surface area contributed by atoms with Crippen LogP contribution in [0.15, 0.2) is 35.3 Å². The Kier molecular flexibility index (Phi) is 7.93. The first kappa shape index (κ1) is 20.1. The maximum absolute atomic E-state index is 6.08. The largest absolute Gasteiger partial charge is 0.385 e. The predicted molar refractivity (Wildman–Crippen MR) is 109 cm³/mol. The van der Waals surface area contributed by atoms with Crippen molar-refractivity contribution < 1.29 is 9.47 Å². The molecule has 3 rings (SSSR count). The molecule has 150 valence electrons. The van der Waals surface area contributed by atoms with Gasteiger partial charge in [0.2, 0.25) is 0 Å². The molecule has 0 amide bonds. The molecular formula is C21H34N4O2. The van der Waals surface area contributed by atoms with E-state index < -0.39 is 0 Å². The molecule has 1 N–H and O–H groups in total. The summed E-state index contributed by atoms with van der Waals surface area (Å²) >= 11 is 0. The fraction of sp³-hybridized carbons (Fsp3) is 0.667. The van der Waals surface area contributed by atoms with Gasteiger partial charge in [-0.15, -0.1) is 0 Å². The summed E-state index contributed by atoms with van der Waals surface area (Å²) < 4.78 is 11.2. The second-order valence-corrected chi connectivity index (χ2v) is 7.37. The Hall–Kier alpha value is -1.63. The first-order valence-electron chi connectivity index (χ1n) is 10.2. The topological polar surface area (TPSA) is 49.3 Å². The summed E-state index contributed by atoms with van der Waals surface area (Å²) in [6.45, 7) is 6.49. The van der Waals surface area contributed by atoms with Crippen molar-refractivity contribution in [3.8, 4) is 0 Å². The molecule has 2 saturated heterocycles. The normalized spacial score (nSPS) is 23.5. The van der Waals surface area contributed by atoms with Crippen LogP contribution < -0.4 is 5.32 Å². The number of rotatable bonds is 8. The van der Waals surface area contributed by atoms with Gasteiger partial charge in [0.05, 0.1) is 18.8 Å². The van der Waals surface area contributed by atoms with Gasteiger partial charge in [-0.1, -0.05) is 30.3 Å². The number of likely N-dealkylation sites (tertiary alicyclic amines) is 1. The zero-order valence-corrected chi connectivity index (χ0v) is 16.8. The molecule has 0 radical (unpaired) electrons. The third-order valence-corrected chi connectivity index (χ3v) is 5.46. The highest BCUT2D eigenvalue weighted by Gasteiger charge is 2.41. The van der Waals surface area contributed by atoms with Gasteiger partial charge in [0.15, 0.2) is 5.96 Å². The van der Waals surface area contributed by atoms with Crippen molar-refractivity contribution in [2.24, 2.45) is 4.99 Å². The molecule has 1 aromatic carbocycles. The van der Waals surface area contributed by atoms with Crippen molar-refractivity contribution in [3.63, 3.8) is 0 Å². The third kappa shape index (κ3) is 5.67. The molecule has 2 unspecified atom stereocenters. The molecule has 2 fully saturated rings. The number of ether oxygens (including phenoxy) is 2. The van der Waals surface area contributed by atoms with Gasteiger partial charge in [0.1, 0.15) is 0 Å². The summed E-state index contributed by atoms with van der Waals surface area (Å²) in [6.07, 6.45) is 3.70. The summed E-state index contributed by atoms with van der Waals surface area (Å²) in [7, 11) is 3.63. The summed E-state index contributed by atoms with van der Waals surface area (Å²) in [5.41, 5.74) is 1.37. The molecule has 2 aliphatic heterocycles. The minimum Gasteiger partial charge on any atom is -0.385 e. The second-order valence-electron chi connectivity index (χ2n) is 7.37. The van der Waals surface area contributed by atoms with Crippen LogP contribution in [0, 0.1) is 0 Å². The number of hydrogen-bond acceptors (Lipinski definition) is 4. The fourth-order valence-electron chi connectivity index (χ4n) is 4.03. The van der Waals surface area contributed by atoms with E-state index in [4.69, 9.17) is 9.47 Å². The highest BCUT2D eigenvalue weighted by atomic mass is 16.5. The van der Waals surface area contributed by atoms with E-state index in [0.29, 0.717) is 6.04 Å². The van der Waals surface area contributed by atoms with E-state index in [1.807, 2.05) is 7.05 Å². The number of methoxy groups -OCH3 is 1. The van der Waals surface area contributed by atoms with Crippen molar-refractivity contribution in [1.82, 2.24) is 15.1 Å². The summed E-state index contributed by atoms with van der Waals surface area (Å²) in [5.74, 6) is 0.999. The lowest BCUT2D eigenvalue weighted by Gasteiger charge is -2.36. The Morgan fingerprint density at radius 3 is 2.85 bits per heavy atom. The van der Waals surface area contributed by atoms with Crippen LogP contribution in [0.25, 0.3) is 0 Å². The fourth-order valence-corrected chi connectivity index (χ4v) is 4.03. The van der Waals surface area contributed by atoms with Crippen LogP contribution in [0.2, 0.25) is 0 Å². The first-order chi connectivity index (χ1) is 13.3. The van der Waals surface area contributed by atoms with E-state index in [-0.39, 0.29) is 6.10 Å². The van der Waals surface area contributed by atoms with Gasteiger partial charge in [-0.2, -0.15) is 0 Å². The zero-order valence-electron chi connectivity index (χ0n) is 16.8. The van der Waals surface area contributed by atoms with Gasteiger partial charge in [0, 0.05) is 53.5 Å². The van der Waals surface area contributed by atoms with Crippen LogP contribution >= 0.6 is 0 Å². The van der Waals surface area contributed by atoms with Gasteiger partial charge >= 0.3 is 0 Å². The Labute approximate surface area is 163 Å². The van der Waals surface area contributed by atoms with Crippen molar-refractivity contribution in [2.75, 3.05) is 53.6 Å². The molecule has 0 bridgehead atoms. The monoisotopic (exact) mass is 374 g/mol. The van der Waals surface area contributed by atoms with E-state index in [1.54, 1.807) is 7.11 Å². The molecule has 2 heterocycles. The van der Waals surface area contributed by atoms with Crippen molar-refractivity contribution >= 4 is 5.96 Å². The molecular weight excluding hydrogens is 340 g/mol. The predicted octanol–water partition coefficient (Wildman–Crippen LogP) is 1.96. The molecule has 2 aliphatic rings. The zero-order chi connectivity index (χ0) is 18.9. The van der Waals surface area contributed by atoms with Crippen LogP contribution in [-0.4, -0.2) is 81.5 Å². The van der Waals surface area contributed by atoms with Crippen molar-refractivity contribution in [1.29, 1.82) is 0 Å². The first-order valence-corrected chi connectivity index (χ1v) is 10.2. The molecule has 0 saturated carbocycles. The molecule has 0 aliphatic carbocycles. The van der Waals surface area contributed by atoms with E-state index in [2.05, 4.69) is 50.4 Å². The smallest absolute Gasteiger partial charge is 0.193 e. The molecule has 0 aromatic heterocycles. The standard InChI is InChI=1S/C21H34N4O2/c1-22-21(23-11-7-4-8-13-26-2)25-16-19-20(17-25)27-14-12-24(19)15-18-9-5-3-6-10-18/h3,5-6,9-10,19-20H,4,7-8,11-17H2,1-2H3,(H,22,23). The van der Waals surface area contributed by atoms with Gasteiger partial charge in [-0.05, 0) is 24.8 Å². The lowest BCUT2D eigenvalue weighted by atomic mass is 10.1. The minimum atomic E-state index is 0.266. The number of unbranched alkanes of at least 4 members (excludes halogenated alkanes) is 2. The van der Waals surface area contributed by atoms with E-state index in [0.717, 1.165) is 64.7 Å². The molecule has 6 heteroatoms. The lowest BCUT2D eigenvalue weighted by molar-refractivity contribution is -0.0502. The Morgan fingerprint density at radius 1 is 1.22 bits per heavy atom. The Bertz CT molecular complexity index is 581. The molecule has 0 spiro atoms. The van der Waals surface area contributed by atoms with Crippen LogP contribution in [0.3, 0.4) is 0 Å². The van der Waals surface area contributed by atoms with Crippen LogP contribution in [0.4, 0.5) is 0 Å². The number of morpholine rings is 1. The number of fused-ring (bicyclic) bond motifs is 1. The van der Waals surface area contributed by atoms with Crippen LogP contribution in [-0.2, 0) is 16.0 Å². The maximum Gasteiger partial charge on any atom is 0.193 e. The number of benzene rings is 1. The van der Waals surface area contributed by atoms with Gasteiger partial charge < -0.3 is 19.7 Å². The van der Waals surface area contributed by atoms with Crippen molar-refractivity contribution in [3.05, 3.63) is 35.9 Å². The highest BCUT2D eigenvalue weighted by molar-refractivity contribution is 5.80. The van der Waals surface area contributed by atoms with Crippen LogP contribution in [0.5, 0.6) is 0 Å². The lowest BCUT2D eigenvalue weighted by Crippen LogP contribution is -2.50. The van der Waals surface area contributed by atoms with Gasteiger partial charge in [0.25, 0.3) is 0 Å². The highest BCUT2D eigenvalue weighted by Crippen LogP contribution is 2.24. The maximum atomic E-state index is 6.08. The number of guanidine groups is 1. The third-order valence-electron chi connectivity index (χ3n) is 5.46. The summed E-state index contributed by atoms with van der Waals surface area (Å²) in [5, 5.41) is 3.52. The number of hydrogen-bond donors (Lipinski definition) is 1. The quantitative estimate of drug-likeness (QED) is 0.428. The van der Waals surface area contributed by atoms with E-state index in [1.165, 1.54) is 12.0 Å². The average Bonchev–Trinajstić information content (AvgIpc) is 3.13. The molecule has 1 aromatic rings. The van der Waals surface area contributed by atoms with Crippen LogP contribution in [0.1, 0.15) is 24.8 Å². The Morgan fingerprint density at radius 2 is 2.07 bits per heavy atom. The molecule has 27 heavy (non-hydrogen) atoms. The van der Waals surface area contributed by atoms with Gasteiger partial charge in [-0.3, -0.25) is 9.89 Å². The SMILES string of the molecule is CN=C(NCCCCCOC)N1CC2OCCN(Cc3ccccc3)C2C1. The number of nitrogens with one attached hydrogen (secondary N) is 1. The van der Waals surface area contributed by atoms with Crippen molar-refractivity contribution in [2.45, 2.75) is 38.0 Å². The minimum absolute atomic E-state index is 0.266. The summed E-state index contributed by atoms with van der Waals surface area (Å²) in [4.78, 5) is 9.43. The van der Waals surface area contributed by atoms with Gasteiger partial charge in [-0.25, -0.2) is 0 Å². The molecule has 2 atom stereocenters. The summed E-state index contributed by atoms with van der Waals surface area (Å²) in [6, 6.07) is 11.2. The second kappa shape index (κ2) is 10.6.